The van der Waals surface area contributed by atoms with E-state index < -0.39 is 0 Å². The second-order valence-electron chi connectivity index (χ2n) is 6.79. The first-order valence-corrected chi connectivity index (χ1v) is 10.2. The van der Waals surface area contributed by atoms with E-state index in [0.29, 0.717) is 28.7 Å². The fourth-order valence-electron chi connectivity index (χ4n) is 3.55. The third kappa shape index (κ3) is 3.76. The smallest absolute Gasteiger partial charge is 0.277 e. The first-order valence-electron chi connectivity index (χ1n) is 9.36. The maximum atomic E-state index is 12.9. The molecule has 1 aromatic heterocycles. The maximum absolute atomic E-state index is 12.9. The summed E-state index contributed by atoms with van der Waals surface area (Å²) in [6.45, 7) is 5.11. The first kappa shape index (κ1) is 18.2. The molecule has 2 unspecified atom stereocenters. The molecule has 2 aliphatic heterocycles. The SMILES string of the molecule is CCC1CCCCN1C(=O)C(C)Sc1nnc(-c2ccc3c(c2)OCO3)o1. The fraction of sp³-hybridized carbons (Fsp3) is 0.526. The van der Waals surface area contributed by atoms with E-state index in [0.717, 1.165) is 31.4 Å². The van der Waals surface area contributed by atoms with E-state index in [1.54, 1.807) is 0 Å². The van der Waals surface area contributed by atoms with Gasteiger partial charge in [-0.3, -0.25) is 4.79 Å². The van der Waals surface area contributed by atoms with Crippen LogP contribution in [0.25, 0.3) is 11.5 Å². The molecule has 8 heteroatoms. The standard InChI is InChI=1S/C19H23N3O4S/c1-3-14-6-4-5-9-22(14)18(23)12(2)27-19-21-20-17(26-19)13-7-8-15-16(10-13)25-11-24-15/h7-8,10,12,14H,3-6,9,11H2,1-2H3. The molecule has 2 aliphatic rings. The van der Waals surface area contributed by atoms with Crippen molar-refractivity contribution in [1.29, 1.82) is 0 Å². The van der Waals surface area contributed by atoms with Crippen molar-refractivity contribution in [1.82, 2.24) is 15.1 Å². The highest BCUT2D eigenvalue weighted by Crippen LogP contribution is 2.36. The summed E-state index contributed by atoms with van der Waals surface area (Å²) in [4.78, 5) is 14.9. The molecule has 144 valence electrons. The Morgan fingerprint density at radius 2 is 2.15 bits per heavy atom. The van der Waals surface area contributed by atoms with Crippen LogP contribution >= 0.6 is 11.8 Å². The Morgan fingerprint density at radius 1 is 1.30 bits per heavy atom. The number of hydrogen-bond donors (Lipinski definition) is 0. The second kappa shape index (κ2) is 7.80. The van der Waals surface area contributed by atoms with Crippen molar-refractivity contribution in [2.24, 2.45) is 0 Å². The van der Waals surface area contributed by atoms with Crippen molar-refractivity contribution in [3.8, 4) is 23.0 Å². The lowest BCUT2D eigenvalue weighted by molar-refractivity contribution is -0.134. The number of fused-ring (bicyclic) bond motifs is 1. The van der Waals surface area contributed by atoms with Gasteiger partial charge >= 0.3 is 0 Å². The topological polar surface area (TPSA) is 77.7 Å². The number of hydrogen-bond acceptors (Lipinski definition) is 7. The van der Waals surface area contributed by atoms with E-state index in [-0.39, 0.29) is 18.0 Å². The van der Waals surface area contributed by atoms with Crippen LogP contribution in [0, 0.1) is 0 Å². The van der Waals surface area contributed by atoms with Crippen LogP contribution in [-0.4, -0.2) is 45.6 Å². The third-order valence-electron chi connectivity index (χ3n) is 5.03. The van der Waals surface area contributed by atoms with Crippen LogP contribution in [0.4, 0.5) is 0 Å². The molecule has 0 saturated carbocycles. The van der Waals surface area contributed by atoms with Gasteiger partial charge in [-0.2, -0.15) is 0 Å². The molecule has 0 spiro atoms. The van der Waals surface area contributed by atoms with E-state index >= 15 is 0 Å². The molecule has 27 heavy (non-hydrogen) atoms. The van der Waals surface area contributed by atoms with Crippen LogP contribution in [0.5, 0.6) is 11.5 Å². The van der Waals surface area contributed by atoms with Gasteiger partial charge in [0, 0.05) is 18.2 Å². The Kier molecular flexibility index (Phi) is 5.24. The monoisotopic (exact) mass is 389 g/mol. The van der Waals surface area contributed by atoms with Crippen molar-refractivity contribution in [3.05, 3.63) is 18.2 Å². The summed E-state index contributed by atoms with van der Waals surface area (Å²) in [5, 5.41) is 8.34. The number of carbonyl (C=O) groups is 1. The first-order chi connectivity index (χ1) is 13.2. The number of thioether (sulfide) groups is 1. The Bertz CT molecular complexity index is 825. The van der Waals surface area contributed by atoms with Gasteiger partial charge in [0.1, 0.15) is 0 Å². The number of nitrogens with zero attached hydrogens (tertiary/aromatic N) is 3. The van der Waals surface area contributed by atoms with Crippen LogP contribution in [0.2, 0.25) is 0 Å². The normalized spacial score (nSPS) is 19.9. The van der Waals surface area contributed by atoms with Crippen LogP contribution in [0.15, 0.2) is 27.8 Å². The number of ether oxygens (including phenoxy) is 2. The van der Waals surface area contributed by atoms with Crippen molar-refractivity contribution in [2.75, 3.05) is 13.3 Å². The van der Waals surface area contributed by atoms with Crippen molar-refractivity contribution >= 4 is 17.7 Å². The molecule has 0 N–H and O–H groups in total. The van der Waals surface area contributed by atoms with Crippen LogP contribution in [0.1, 0.15) is 39.5 Å². The number of piperidine rings is 1. The Hall–Kier alpha value is -2.22. The number of benzene rings is 1. The summed E-state index contributed by atoms with van der Waals surface area (Å²) < 4.78 is 16.5. The summed E-state index contributed by atoms with van der Waals surface area (Å²) in [6.07, 6.45) is 4.37. The zero-order valence-electron chi connectivity index (χ0n) is 15.5. The minimum Gasteiger partial charge on any atom is -0.454 e. The molecule has 3 heterocycles. The van der Waals surface area contributed by atoms with Gasteiger partial charge in [0.15, 0.2) is 11.5 Å². The van der Waals surface area contributed by atoms with Gasteiger partial charge in [-0.15, -0.1) is 10.2 Å². The molecule has 2 aromatic rings. The predicted molar refractivity (Wildman–Crippen MR) is 101 cm³/mol. The zero-order valence-corrected chi connectivity index (χ0v) is 16.3. The van der Waals surface area contributed by atoms with Gasteiger partial charge in [0.05, 0.1) is 5.25 Å². The number of carbonyl (C=O) groups excluding carboxylic acids is 1. The minimum atomic E-state index is -0.262. The Morgan fingerprint density at radius 3 is 3.00 bits per heavy atom. The van der Waals surface area contributed by atoms with Crippen LogP contribution in [0.3, 0.4) is 0 Å². The lowest BCUT2D eigenvalue weighted by Gasteiger charge is -2.36. The van der Waals surface area contributed by atoms with Gasteiger partial charge < -0.3 is 18.8 Å². The van der Waals surface area contributed by atoms with E-state index in [4.69, 9.17) is 13.9 Å². The molecule has 7 nitrogen and oxygen atoms in total. The van der Waals surface area contributed by atoms with E-state index in [1.165, 1.54) is 18.2 Å². The quantitative estimate of drug-likeness (QED) is 0.721. The molecule has 0 bridgehead atoms. The number of likely N-dealkylation sites (tertiary alicyclic amines) is 1. The van der Waals surface area contributed by atoms with Crippen molar-refractivity contribution < 1.29 is 18.7 Å². The van der Waals surface area contributed by atoms with Gasteiger partial charge in [-0.25, -0.2) is 0 Å². The van der Waals surface area contributed by atoms with E-state index in [2.05, 4.69) is 17.1 Å². The maximum Gasteiger partial charge on any atom is 0.277 e. The average Bonchev–Trinajstić information content (AvgIpc) is 3.35. The average molecular weight is 389 g/mol. The lowest BCUT2D eigenvalue weighted by Crippen LogP contribution is -2.46. The highest BCUT2D eigenvalue weighted by molar-refractivity contribution is 8.00. The van der Waals surface area contributed by atoms with Gasteiger partial charge in [0.25, 0.3) is 5.22 Å². The zero-order chi connectivity index (χ0) is 18.8. The summed E-state index contributed by atoms with van der Waals surface area (Å²) in [6, 6.07) is 5.84. The largest absolute Gasteiger partial charge is 0.454 e. The van der Waals surface area contributed by atoms with Crippen molar-refractivity contribution in [3.63, 3.8) is 0 Å². The summed E-state index contributed by atoms with van der Waals surface area (Å²) in [5.74, 6) is 1.92. The van der Waals surface area contributed by atoms with E-state index in [9.17, 15) is 4.79 Å². The van der Waals surface area contributed by atoms with Gasteiger partial charge in [0.2, 0.25) is 18.6 Å². The summed E-state index contributed by atoms with van der Waals surface area (Å²) in [5.41, 5.74) is 0.764. The molecule has 2 atom stereocenters. The molecular weight excluding hydrogens is 366 g/mol. The molecule has 1 fully saturated rings. The van der Waals surface area contributed by atoms with E-state index in [1.807, 2.05) is 30.0 Å². The Labute approximate surface area is 162 Å². The lowest BCUT2D eigenvalue weighted by atomic mass is 10.00. The molecule has 4 rings (SSSR count). The van der Waals surface area contributed by atoms with Crippen LogP contribution in [-0.2, 0) is 4.79 Å². The highest BCUT2D eigenvalue weighted by Gasteiger charge is 2.30. The molecule has 1 amide bonds. The molecular formula is C19H23N3O4S. The molecule has 1 aromatic carbocycles. The van der Waals surface area contributed by atoms with Crippen LogP contribution < -0.4 is 9.47 Å². The summed E-state index contributed by atoms with van der Waals surface area (Å²) in [7, 11) is 0. The summed E-state index contributed by atoms with van der Waals surface area (Å²) >= 11 is 1.31. The highest BCUT2D eigenvalue weighted by atomic mass is 32.2. The molecule has 0 radical (unpaired) electrons. The number of rotatable bonds is 5. The fourth-order valence-corrected chi connectivity index (χ4v) is 4.31. The number of amides is 1. The predicted octanol–water partition coefficient (Wildman–Crippen LogP) is 3.74. The third-order valence-corrected chi connectivity index (χ3v) is 5.95. The molecule has 0 aliphatic carbocycles. The minimum absolute atomic E-state index is 0.148. The van der Waals surface area contributed by atoms with Crippen molar-refractivity contribution in [2.45, 2.75) is 56.0 Å². The van der Waals surface area contributed by atoms with Gasteiger partial charge in [-0.05, 0) is 50.8 Å². The molecule has 1 saturated heterocycles. The number of aromatic nitrogens is 2. The Balaban J connectivity index is 1.43. The second-order valence-corrected chi connectivity index (χ2v) is 8.08. The van der Waals surface area contributed by atoms with Gasteiger partial charge in [-0.1, -0.05) is 18.7 Å².